The lowest BCUT2D eigenvalue weighted by atomic mass is 10.2. The molecule has 0 saturated carbocycles. The summed E-state index contributed by atoms with van der Waals surface area (Å²) in [5.41, 5.74) is 1.54. The minimum atomic E-state index is -0.309. The van der Waals surface area contributed by atoms with Crippen LogP contribution in [0.25, 0.3) is 0 Å². The Morgan fingerprint density at radius 3 is 2.81 bits per heavy atom. The number of carbonyl (C=O) groups is 2. The van der Waals surface area contributed by atoms with Gasteiger partial charge >= 0.3 is 0 Å². The van der Waals surface area contributed by atoms with Crippen molar-refractivity contribution in [1.29, 1.82) is 0 Å². The molecule has 0 aliphatic heterocycles. The van der Waals surface area contributed by atoms with E-state index in [2.05, 4.69) is 20.6 Å². The maximum atomic E-state index is 12.5. The molecule has 3 aromatic rings. The topological polar surface area (TPSA) is 84.0 Å². The van der Waals surface area contributed by atoms with Gasteiger partial charge in [-0.2, -0.15) is 0 Å². The first-order chi connectivity index (χ1) is 12.6. The fourth-order valence-electron chi connectivity index (χ4n) is 2.11. The predicted octanol–water partition coefficient (Wildman–Crippen LogP) is 3.57. The molecule has 0 atom stereocenters. The van der Waals surface area contributed by atoms with E-state index in [0.717, 1.165) is 15.6 Å². The van der Waals surface area contributed by atoms with Crippen LogP contribution in [0.4, 0.5) is 5.13 Å². The SMILES string of the molecule is Cc1nc(CSc2ccccc2C(=O)NCC(=O)Nc2nccs2)cs1. The van der Waals surface area contributed by atoms with Gasteiger partial charge in [0.15, 0.2) is 5.13 Å². The number of rotatable bonds is 7. The highest BCUT2D eigenvalue weighted by atomic mass is 32.2. The standard InChI is InChI=1S/C17H16N4O2S3/c1-11-20-12(9-25-11)10-26-14-5-3-2-4-13(14)16(23)19-8-15(22)21-17-18-6-7-24-17/h2-7,9H,8,10H2,1H3,(H,19,23)(H,18,21,22). The fourth-order valence-corrected chi connectivity index (χ4v) is 4.32. The van der Waals surface area contributed by atoms with Crippen LogP contribution in [0.15, 0.2) is 46.1 Å². The van der Waals surface area contributed by atoms with Crippen LogP contribution in [0.1, 0.15) is 21.1 Å². The Bertz CT molecular complexity index is 893. The molecule has 2 heterocycles. The summed E-state index contributed by atoms with van der Waals surface area (Å²) >= 11 is 4.49. The average Bonchev–Trinajstić information content (AvgIpc) is 3.30. The molecule has 0 spiro atoms. The lowest BCUT2D eigenvalue weighted by molar-refractivity contribution is -0.115. The number of nitrogens with zero attached hydrogens (tertiary/aromatic N) is 2. The molecule has 1 aromatic carbocycles. The van der Waals surface area contributed by atoms with Gasteiger partial charge in [-0.1, -0.05) is 12.1 Å². The molecule has 2 aromatic heterocycles. The zero-order chi connectivity index (χ0) is 18.4. The van der Waals surface area contributed by atoms with Gasteiger partial charge in [-0.25, -0.2) is 9.97 Å². The number of anilines is 1. The van der Waals surface area contributed by atoms with Crippen LogP contribution >= 0.6 is 34.4 Å². The zero-order valence-electron chi connectivity index (χ0n) is 13.9. The molecule has 0 bridgehead atoms. The second-order valence-electron chi connectivity index (χ2n) is 5.21. The molecule has 0 aliphatic carbocycles. The van der Waals surface area contributed by atoms with Crippen molar-refractivity contribution < 1.29 is 9.59 Å². The van der Waals surface area contributed by atoms with E-state index < -0.39 is 0 Å². The Labute approximate surface area is 163 Å². The summed E-state index contributed by atoms with van der Waals surface area (Å²) in [7, 11) is 0. The van der Waals surface area contributed by atoms with Crippen molar-refractivity contribution >= 4 is 51.4 Å². The van der Waals surface area contributed by atoms with Gasteiger partial charge in [-0.05, 0) is 19.1 Å². The van der Waals surface area contributed by atoms with E-state index in [9.17, 15) is 9.59 Å². The molecule has 2 amide bonds. The van der Waals surface area contributed by atoms with Crippen LogP contribution in [0.2, 0.25) is 0 Å². The van der Waals surface area contributed by atoms with Gasteiger partial charge in [-0.3, -0.25) is 9.59 Å². The Morgan fingerprint density at radius 1 is 1.23 bits per heavy atom. The van der Waals surface area contributed by atoms with Gasteiger partial charge in [0.1, 0.15) is 0 Å². The third-order valence-corrected chi connectivity index (χ3v) is 5.88. The molecule has 9 heteroatoms. The van der Waals surface area contributed by atoms with Crippen LogP contribution in [0.3, 0.4) is 0 Å². The minimum Gasteiger partial charge on any atom is -0.343 e. The molecule has 26 heavy (non-hydrogen) atoms. The van der Waals surface area contributed by atoms with Crippen LogP contribution < -0.4 is 10.6 Å². The second kappa shape index (κ2) is 8.93. The maximum absolute atomic E-state index is 12.5. The molecule has 0 saturated heterocycles. The molecule has 2 N–H and O–H groups in total. The third-order valence-electron chi connectivity index (χ3n) is 3.26. The lowest BCUT2D eigenvalue weighted by Gasteiger charge is -2.09. The van der Waals surface area contributed by atoms with Crippen molar-refractivity contribution in [1.82, 2.24) is 15.3 Å². The lowest BCUT2D eigenvalue weighted by Crippen LogP contribution is -2.33. The number of amides is 2. The normalized spacial score (nSPS) is 10.5. The quantitative estimate of drug-likeness (QED) is 0.588. The van der Waals surface area contributed by atoms with E-state index >= 15 is 0 Å². The van der Waals surface area contributed by atoms with E-state index in [0.29, 0.717) is 16.4 Å². The molecule has 0 radical (unpaired) electrons. The van der Waals surface area contributed by atoms with Crippen molar-refractivity contribution in [2.45, 2.75) is 17.6 Å². The van der Waals surface area contributed by atoms with E-state index in [4.69, 9.17) is 0 Å². The Kier molecular flexibility index (Phi) is 6.37. The number of nitrogens with one attached hydrogen (secondary N) is 2. The Balaban J connectivity index is 1.57. The van der Waals surface area contributed by atoms with Crippen molar-refractivity contribution in [3.63, 3.8) is 0 Å². The molecule has 3 rings (SSSR count). The first-order valence-electron chi connectivity index (χ1n) is 7.72. The monoisotopic (exact) mass is 404 g/mol. The molecular weight excluding hydrogens is 388 g/mol. The molecule has 6 nitrogen and oxygen atoms in total. The summed E-state index contributed by atoms with van der Waals surface area (Å²) in [4.78, 5) is 33.6. The van der Waals surface area contributed by atoms with Crippen molar-refractivity contribution in [2.75, 3.05) is 11.9 Å². The average molecular weight is 405 g/mol. The third kappa shape index (κ3) is 5.13. The zero-order valence-corrected chi connectivity index (χ0v) is 16.3. The van der Waals surface area contributed by atoms with E-state index in [-0.39, 0.29) is 18.4 Å². The van der Waals surface area contributed by atoms with Crippen molar-refractivity contribution in [3.8, 4) is 0 Å². The smallest absolute Gasteiger partial charge is 0.252 e. The number of carbonyl (C=O) groups excluding carboxylic acids is 2. The van der Waals surface area contributed by atoms with Gasteiger partial charge in [0.25, 0.3) is 5.91 Å². The van der Waals surface area contributed by atoms with Gasteiger partial charge < -0.3 is 10.6 Å². The molecular formula is C17H16N4O2S3. The first kappa shape index (κ1) is 18.6. The summed E-state index contributed by atoms with van der Waals surface area (Å²) in [6.45, 7) is 1.86. The fraction of sp³-hybridized carbons (Fsp3) is 0.176. The van der Waals surface area contributed by atoms with E-state index in [1.165, 1.54) is 11.3 Å². The number of hydrogen-bond donors (Lipinski definition) is 2. The largest absolute Gasteiger partial charge is 0.343 e. The minimum absolute atomic E-state index is 0.108. The highest BCUT2D eigenvalue weighted by Crippen LogP contribution is 2.26. The number of thiazole rings is 2. The molecule has 0 fully saturated rings. The highest BCUT2D eigenvalue weighted by Gasteiger charge is 2.13. The van der Waals surface area contributed by atoms with Gasteiger partial charge in [-0.15, -0.1) is 34.4 Å². The van der Waals surface area contributed by atoms with Gasteiger partial charge in [0.05, 0.1) is 22.8 Å². The summed E-state index contributed by atoms with van der Waals surface area (Å²) in [5, 5.41) is 10.6. The number of aromatic nitrogens is 2. The second-order valence-corrected chi connectivity index (χ2v) is 8.18. The van der Waals surface area contributed by atoms with Crippen molar-refractivity contribution in [3.05, 3.63) is 57.5 Å². The predicted molar refractivity (Wildman–Crippen MR) is 106 cm³/mol. The van der Waals surface area contributed by atoms with Crippen LogP contribution in [0, 0.1) is 6.92 Å². The summed E-state index contributed by atoms with van der Waals surface area (Å²) in [6, 6.07) is 7.35. The summed E-state index contributed by atoms with van der Waals surface area (Å²) in [6.07, 6.45) is 1.61. The number of thioether (sulfide) groups is 1. The Hall–Kier alpha value is -2.23. The summed E-state index contributed by atoms with van der Waals surface area (Å²) in [5.74, 6) is 0.104. The van der Waals surface area contributed by atoms with Crippen molar-refractivity contribution in [2.24, 2.45) is 0 Å². The van der Waals surface area contributed by atoms with Crippen LogP contribution in [-0.2, 0) is 10.5 Å². The first-order valence-corrected chi connectivity index (χ1v) is 10.5. The van der Waals surface area contributed by atoms with E-state index in [1.807, 2.05) is 30.5 Å². The van der Waals surface area contributed by atoms with Crippen LogP contribution in [0.5, 0.6) is 0 Å². The summed E-state index contributed by atoms with van der Waals surface area (Å²) < 4.78 is 0. The van der Waals surface area contributed by atoms with E-state index in [1.54, 1.807) is 40.7 Å². The Morgan fingerprint density at radius 2 is 2.08 bits per heavy atom. The number of aryl methyl sites for hydroxylation is 1. The van der Waals surface area contributed by atoms with Gasteiger partial charge in [0.2, 0.25) is 5.91 Å². The van der Waals surface area contributed by atoms with Gasteiger partial charge in [0, 0.05) is 27.6 Å². The highest BCUT2D eigenvalue weighted by molar-refractivity contribution is 7.98. The number of benzene rings is 1. The number of hydrogen-bond acceptors (Lipinski definition) is 7. The molecule has 134 valence electrons. The maximum Gasteiger partial charge on any atom is 0.252 e. The van der Waals surface area contributed by atoms with Crippen LogP contribution in [-0.4, -0.2) is 28.3 Å². The molecule has 0 aliphatic rings. The molecule has 0 unspecified atom stereocenters.